The van der Waals surface area contributed by atoms with Crippen molar-refractivity contribution >= 4 is 5.91 Å². The summed E-state index contributed by atoms with van der Waals surface area (Å²) in [5, 5.41) is 1.27. The molecule has 0 aliphatic heterocycles. The number of carbonyl (C=O) groups is 1. The second-order valence-electron chi connectivity index (χ2n) is 10.7. The largest absolute Gasteiger partial charge is 0.494 e. The zero-order chi connectivity index (χ0) is 27.7. The lowest BCUT2D eigenvalue weighted by atomic mass is 9.69. The SMILES string of the molecule is CON(C)C(=O)CCCCOc1ccc(C2c3ccc(Cc4ccccc4)cc3CCC2c2ccccc2)cc1. The molecule has 1 amide bonds. The molecule has 206 valence electrons. The lowest BCUT2D eigenvalue weighted by Crippen LogP contribution is -2.25. The molecule has 0 saturated carbocycles. The fraction of sp³-hybridized carbons (Fsp3) is 0.306. The topological polar surface area (TPSA) is 38.8 Å². The predicted octanol–water partition coefficient (Wildman–Crippen LogP) is 7.71. The van der Waals surface area contributed by atoms with Gasteiger partial charge in [-0.15, -0.1) is 0 Å². The molecular weight excluding hydrogens is 494 g/mol. The summed E-state index contributed by atoms with van der Waals surface area (Å²) in [6, 6.07) is 37.5. The van der Waals surface area contributed by atoms with Gasteiger partial charge in [-0.05, 0) is 83.5 Å². The summed E-state index contributed by atoms with van der Waals surface area (Å²) in [5.74, 6) is 1.59. The van der Waals surface area contributed by atoms with E-state index in [9.17, 15) is 4.79 Å². The summed E-state index contributed by atoms with van der Waals surface area (Å²) >= 11 is 0. The van der Waals surface area contributed by atoms with Crippen molar-refractivity contribution in [3.8, 4) is 5.75 Å². The average Bonchev–Trinajstić information content (AvgIpc) is 3.01. The van der Waals surface area contributed by atoms with Crippen molar-refractivity contribution in [2.45, 2.75) is 50.4 Å². The highest BCUT2D eigenvalue weighted by Gasteiger charge is 2.32. The van der Waals surface area contributed by atoms with E-state index in [4.69, 9.17) is 9.57 Å². The third-order valence-electron chi connectivity index (χ3n) is 8.07. The number of ether oxygens (including phenoxy) is 1. The van der Waals surface area contributed by atoms with Gasteiger partial charge < -0.3 is 4.74 Å². The molecule has 0 saturated heterocycles. The molecule has 5 rings (SSSR count). The number of aryl methyl sites for hydroxylation is 1. The number of hydrogen-bond donors (Lipinski definition) is 0. The molecule has 1 aliphatic carbocycles. The second kappa shape index (κ2) is 13.5. The average molecular weight is 534 g/mol. The van der Waals surface area contributed by atoms with E-state index in [1.807, 2.05) is 0 Å². The summed E-state index contributed by atoms with van der Waals surface area (Å²) in [5.41, 5.74) is 8.37. The van der Waals surface area contributed by atoms with Gasteiger partial charge in [0.15, 0.2) is 0 Å². The summed E-state index contributed by atoms with van der Waals surface area (Å²) in [4.78, 5) is 16.8. The third-order valence-corrected chi connectivity index (χ3v) is 8.07. The van der Waals surface area contributed by atoms with Gasteiger partial charge in [-0.3, -0.25) is 9.63 Å². The molecule has 0 aromatic heterocycles. The minimum absolute atomic E-state index is 0.0141. The van der Waals surface area contributed by atoms with E-state index in [0.717, 1.165) is 37.9 Å². The van der Waals surface area contributed by atoms with Crippen molar-refractivity contribution in [2.75, 3.05) is 20.8 Å². The Bertz CT molecular complexity index is 1370. The van der Waals surface area contributed by atoms with Gasteiger partial charge in [0.25, 0.3) is 0 Å². The molecule has 0 bridgehead atoms. The summed E-state index contributed by atoms with van der Waals surface area (Å²) in [6.07, 6.45) is 5.24. The Balaban J connectivity index is 1.31. The molecule has 2 atom stereocenters. The van der Waals surface area contributed by atoms with Crippen molar-refractivity contribution in [2.24, 2.45) is 0 Å². The van der Waals surface area contributed by atoms with Crippen molar-refractivity contribution in [3.63, 3.8) is 0 Å². The first-order chi connectivity index (χ1) is 19.6. The van der Waals surface area contributed by atoms with Crippen LogP contribution in [0.15, 0.2) is 103 Å². The van der Waals surface area contributed by atoms with Gasteiger partial charge in [-0.25, -0.2) is 5.06 Å². The van der Waals surface area contributed by atoms with Crippen LogP contribution in [-0.2, 0) is 22.5 Å². The molecule has 4 nitrogen and oxygen atoms in total. The minimum Gasteiger partial charge on any atom is -0.494 e. The summed E-state index contributed by atoms with van der Waals surface area (Å²) in [6.45, 7) is 0.590. The highest BCUT2D eigenvalue weighted by atomic mass is 16.7. The van der Waals surface area contributed by atoms with E-state index in [-0.39, 0.29) is 5.91 Å². The number of hydrogen-bond acceptors (Lipinski definition) is 3. The molecular formula is C36H39NO3. The van der Waals surface area contributed by atoms with E-state index in [2.05, 4.69) is 103 Å². The summed E-state index contributed by atoms with van der Waals surface area (Å²) in [7, 11) is 3.14. The van der Waals surface area contributed by atoms with Gasteiger partial charge in [0, 0.05) is 19.4 Å². The van der Waals surface area contributed by atoms with Crippen LogP contribution in [0.3, 0.4) is 0 Å². The van der Waals surface area contributed by atoms with Crippen LogP contribution in [0.1, 0.15) is 70.9 Å². The van der Waals surface area contributed by atoms with E-state index in [1.165, 1.54) is 45.6 Å². The van der Waals surface area contributed by atoms with Crippen LogP contribution >= 0.6 is 0 Å². The smallest absolute Gasteiger partial charge is 0.245 e. The minimum atomic E-state index is -0.0141. The molecule has 1 aliphatic rings. The highest BCUT2D eigenvalue weighted by Crippen LogP contribution is 2.46. The van der Waals surface area contributed by atoms with Crippen molar-refractivity contribution in [1.29, 1.82) is 0 Å². The molecule has 0 N–H and O–H groups in total. The number of benzene rings is 4. The van der Waals surface area contributed by atoms with Crippen LogP contribution in [0.5, 0.6) is 5.75 Å². The molecule has 0 spiro atoms. The second-order valence-corrected chi connectivity index (χ2v) is 10.7. The maximum Gasteiger partial charge on any atom is 0.245 e. The van der Waals surface area contributed by atoms with Gasteiger partial charge in [0.2, 0.25) is 5.91 Å². The fourth-order valence-electron chi connectivity index (χ4n) is 5.89. The monoisotopic (exact) mass is 533 g/mol. The predicted molar refractivity (Wildman–Crippen MR) is 161 cm³/mol. The summed E-state index contributed by atoms with van der Waals surface area (Å²) < 4.78 is 6.01. The Morgan fingerprint density at radius 3 is 2.27 bits per heavy atom. The number of fused-ring (bicyclic) bond motifs is 1. The standard InChI is InChI=1S/C36H39NO3/c1-37(39-2)35(38)15-9-10-24-40-32-20-17-30(18-21-32)36-33(29-13-7-4-8-14-29)23-19-31-26-28(16-22-34(31)36)25-27-11-5-3-6-12-27/h3-8,11-14,16-18,20-22,26,33,36H,9-10,15,19,23-25H2,1-2H3. The van der Waals surface area contributed by atoms with E-state index in [0.29, 0.717) is 24.9 Å². The molecule has 0 radical (unpaired) electrons. The zero-order valence-electron chi connectivity index (χ0n) is 23.6. The van der Waals surface area contributed by atoms with Gasteiger partial charge in [-0.2, -0.15) is 0 Å². The number of amides is 1. The molecule has 4 heteroatoms. The van der Waals surface area contributed by atoms with E-state index < -0.39 is 0 Å². The van der Waals surface area contributed by atoms with Gasteiger partial charge in [-0.1, -0.05) is 91.0 Å². The fourth-order valence-corrected chi connectivity index (χ4v) is 5.89. The Hall–Kier alpha value is -3.89. The number of hydroxylamine groups is 2. The lowest BCUT2D eigenvalue weighted by Gasteiger charge is -2.35. The first-order valence-electron chi connectivity index (χ1n) is 14.4. The van der Waals surface area contributed by atoms with Crippen LogP contribution in [-0.4, -0.2) is 31.7 Å². The Morgan fingerprint density at radius 2 is 1.55 bits per heavy atom. The third kappa shape index (κ3) is 6.81. The van der Waals surface area contributed by atoms with Crippen LogP contribution in [0, 0.1) is 0 Å². The van der Waals surface area contributed by atoms with Gasteiger partial charge in [0.05, 0.1) is 13.7 Å². The van der Waals surface area contributed by atoms with Crippen molar-refractivity contribution in [3.05, 3.63) is 137 Å². The molecule has 40 heavy (non-hydrogen) atoms. The molecule has 4 aromatic carbocycles. The number of carbonyl (C=O) groups excluding carboxylic acids is 1. The van der Waals surface area contributed by atoms with Crippen LogP contribution in [0.2, 0.25) is 0 Å². The van der Waals surface area contributed by atoms with Crippen molar-refractivity contribution < 1.29 is 14.4 Å². The molecule has 0 fully saturated rings. The van der Waals surface area contributed by atoms with Crippen LogP contribution < -0.4 is 4.74 Å². The maximum atomic E-state index is 11.9. The lowest BCUT2D eigenvalue weighted by molar-refractivity contribution is -0.168. The molecule has 2 unspecified atom stereocenters. The Kier molecular flexibility index (Phi) is 9.30. The highest BCUT2D eigenvalue weighted by molar-refractivity contribution is 5.74. The Morgan fingerprint density at radius 1 is 0.825 bits per heavy atom. The van der Waals surface area contributed by atoms with E-state index >= 15 is 0 Å². The van der Waals surface area contributed by atoms with Gasteiger partial charge >= 0.3 is 0 Å². The van der Waals surface area contributed by atoms with E-state index in [1.54, 1.807) is 7.05 Å². The van der Waals surface area contributed by atoms with Crippen LogP contribution in [0.4, 0.5) is 0 Å². The van der Waals surface area contributed by atoms with Crippen LogP contribution in [0.25, 0.3) is 0 Å². The quantitative estimate of drug-likeness (QED) is 0.146. The molecule has 0 heterocycles. The number of unbranched alkanes of at least 4 members (excludes halogenated alkanes) is 1. The maximum absolute atomic E-state index is 11.9. The molecule has 4 aromatic rings. The normalized spacial score (nSPS) is 16.2. The first-order valence-corrected chi connectivity index (χ1v) is 14.4. The van der Waals surface area contributed by atoms with Crippen molar-refractivity contribution in [1.82, 2.24) is 5.06 Å². The zero-order valence-corrected chi connectivity index (χ0v) is 23.6. The van der Waals surface area contributed by atoms with Gasteiger partial charge in [0.1, 0.15) is 5.75 Å². The Labute approximate surface area is 238 Å². The number of nitrogens with zero attached hydrogens (tertiary/aromatic N) is 1. The number of rotatable bonds is 11. The first kappa shape index (κ1) is 27.7.